The minimum absolute atomic E-state index is 0.120. The molecule has 2 aromatic carbocycles. The van der Waals surface area contributed by atoms with Gasteiger partial charge in [-0.1, -0.05) is 50.9 Å². The molecular weight excluding hydrogens is 406 g/mol. The third kappa shape index (κ3) is 3.67. The van der Waals surface area contributed by atoms with Crippen molar-refractivity contribution < 1.29 is 9.32 Å². The molecule has 1 aromatic heterocycles. The molecule has 1 aliphatic heterocycles. The summed E-state index contributed by atoms with van der Waals surface area (Å²) in [6.07, 6.45) is 1.20. The smallest absolute Gasteiger partial charge is 0.249 e. The van der Waals surface area contributed by atoms with Gasteiger partial charge in [-0.05, 0) is 49.6 Å². The van der Waals surface area contributed by atoms with E-state index in [2.05, 4.69) is 44.3 Å². The summed E-state index contributed by atoms with van der Waals surface area (Å²) in [5.74, 6) is 1.21. The Labute approximate surface area is 166 Å². The van der Waals surface area contributed by atoms with Gasteiger partial charge in [-0.25, -0.2) is 0 Å². The lowest BCUT2D eigenvalue weighted by Gasteiger charge is -2.22. The SMILES string of the molecule is Cc1ccc(C)c(-c2noc(C3CCC(=O)N3Cc3ccc(Br)cc3)n2)c1. The average Bonchev–Trinajstić information content (AvgIpc) is 3.26. The Morgan fingerprint density at radius 1 is 1.19 bits per heavy atom. The van der Waals surface area contributed by atoms with Crippen molar-refractivity contribution in [1.82, 2.24) is 15.0 Å². The second kappa shape index (κ2) is 7.27. The van der Waals surface area contributed by atoms with E-state index in [1.54, 1.807) is 0 Å². The number of carbonyl (C=O) groups excluding carboxylic acids is 1. The van der Waals surface area contributed by atoms with E-state index in [1.807, 2.05) is 43.0 Å². The molecule has 0 bridgehead atoms. The molecule has 0 saturated carbocycles. The number of aromatic nitrogens is 2. The third-order valence-corrected chi connectivity index (χ3v) is 5.48. The van der Waals surface area contributed by atoms with E-state index in [4.69, 9.17) is 4.52 Å². The number of hydrogen-bond donors (Lipinski definition) is 0. The Bertz CT molecular complexity index is 981. The lowest BCUT2D eigenvalue weighted by atomic mass is 10.1. The zero-order chi connectivity index (χ0) is 19.0. The predicted octanol–water partition coefficient (Wildman–Crippen LogP) is 4.98. The van der Waals surface area contributed by atoms with Gasteiger partial charge in [0.2, 0.25) is 17.6 Å². The molecule has 0 spiro atoms. The molecule has 1 fully saturated rings. The van der Waals surface area contributed by atoms with Gasteiger partial charge in [0.05, 0.1) is 0 Å². The summed E-state index contributed by atoms with van der Waals surface area (Å²) in [5.41, 5.74) is 4.29. The molecule has 2 heterocycles. The fourth-order valence-corrected chi connectivity index (χ4v) is 3.70. The number of hydrogen-bond acceptors (Lipinski definition) is 4. The standard InChI is InChI=1S/C21H20BrN3O2/c1-13-3-4-14(2)17(11-13)20-23-21(27-24-20)18-9-10-19(26)25(18)12-15-5-7-16(22)8-6-15/h3-8,11,18H,9-10,12H2,1-2H3. The Kier molecular flexibility index (Phi) is 4.83. The monoisotopic (exact) mass is 425 g/mol. The van der Waals surface area contributed by atoms with Crippen LogP contribution in [0.15, 0.2) is 51.5 Å². The summed E-state index contributed by atoms with van der Waals surface area (Å²) in [5, 5.41) is 4.18. The summed E-state index contributed by atoms with van der Waals surface area (Å²) in [4.78, 5) is 18.9. The van der Waals surface area contributed by atoms with Crippen LogP contribution >= 0.6 is 15.9 Å². The number of aryl methyl sites for hydroxylation is 2. The summed E-state index contributed by atoms with van der Waals surface area (Å²) in [6.45, 7) is 4.61. The van der Waals surface area contributed by atoms with Crippen molar-refractivity contribution in [2.24, 2.45) is 0 Å². The van der Waals surface area contributed by atoms with Crippen molar-refractivity contribution in [1.29, 1.82) is 0 Å². The van der Waals surface area contributed by atoms with E-state index >= 15 is 0 Å². The van der Waals surface area contributed by atoms with Gasteiger partial charge in [0.25, 0.3) is 0 Å². The molecule has 1 amide bonds. The molecule has 0 aliphatic carbocycles. The van der Waals surface area contributed by atoms with Crippen LogP contribution in [0.25, 0.3) is 11.4 Å². The van der Waals surface area contributed by atoms with E-state index in [1.165, 1.54) is 0 Å². The van der Waals surface area contributed by atoms with E-state index in [0.717, 1.165) is 26.7 Å². The summed E-state index contributed by atoms with van der Waals surface area (Å²) < 4.78 is 6.59. The van der Waals surface area contributed by atoms with Crippen molar-refractivity contribution in [3.63, 3.8) is 0 Å². The zero-order valence-corrected chi connectivity index (χ0v) is 16.9. The largest absolute Gasteiger partial charge is 0.337 e. The number of amides is 1. The highest BCUT2D eigenvalue weighted by Crippen LogP contribution is 2.34. The number of likely N-dealkylation sites (tertiary alicyclic amines) is 1. The number of rotatable bonds is 4. The molecular formula is C21H20BrN3O2. The fraction of sp³-hybridized carbons (Fsp3) is 0.286. The maximum absolute atomic E-state index is 12.4. The average molecular weight is 426 g/mol. The van der Waals surface area contributed by atoms with Crippen molar-refractivity contribution in [2.45, 2.75) is 39.3 Å². The highest BCUT2D eigenvalue weighted by atomic mass is 79.9. The van der Waals surface area contributed by atoms with Gasteiger partial charge in [-0.15, -0.1) is 0 Å². The molecule has 6 heteroatoms. The summed E-state index contributed by atoms with van der Waals surface area (Å²) in [7, 11) is 0. The maximum atomic E-state index is 12.4. The minimum atomic E-state index is -0.174. The van der Waals surface area contributed by atoms with Crippen LogP contribution in [0, 0.1) is 13.8 Å². The van der Waals surface area contributed by atoms with Gasteiger partial charge < -0.3 is 9.42 Å². The Morgan fingerprint density at radius 2 is 1.96 bits per heavy atom. The van der Waals surface area contributed by atoms with Gasteiger partial charge in [0.15, 0.2) is 0 Å². The first kappa shape index (κ1) is 17.9. The van der Waals surface area contributed by atoms with Crippen molar-refractivity contribution >= 4 is 21.8 Å². The van der Waals surface area contributed by atoms with Crippen LogP contribution < -0.4 is 0 Å². The molecule has 27 heavy (non-hydrogen) atoms. The van der Waals surface area contributed by atoms with Crippen LogP contribution in [0.4, 0.5) is 0 Å². The first-order chi connectivity index (χ1) is 13.0. The molecule has 0 radical (unpaired) electrons. The Hall–Kier alpha value is -2.47. The van der Waals surface area contributed by atoms with Gasteiger partial charge in [-0.2, -0.15) is 4.98 Å². The molecule has 1 atom stereocenters. The Balaban J connectivity index is 1.60. The van der Waals surface area contributed by atoms with E-state index < -0.39 is 0 Å². The molecule has 5 nitrogen and oxygen atoms in total. The normalized spacial score (nSPS) is 16.9. The van der Waals surface area contributed by atoms with Gasteiger partial charge in [-0.3, -0.25) is 4.79 Å². The van der Waals surface area contributed by atoms with Crippen LogP contribution in [-0.4, -0.2) is 20.9 Å². The van der Waals surface area contributed by atoms with Crippen LogP contribution in [0.1, 0.15) is 41.5 Å². The quantitative estimate of drug-likeness (QED) is 0.591. The zero-order valence-electron chi connectivity index (χ0n) is 15.3. The van der Waals surface area contributed by atoms with E-state index in [-0.39, 0.29) is 11.9 Å². The Morgan fingerprint density at radius 3 is 2.74 bits per heavy atom. The topological polar surface area (TPSA) is 59.2 Å². The predicted molar refractivity (Wildman–Crippen MR) is 106 cm³/mol. The molecule has 1 unspecified atom stereocenters. The van der Waals surface area contributed by atoms with Crippen molar-refractivity contribution in [3.8, 4) is 11.4 Å². The molecule has 4 rings (SSSR count). The number of benzene rings is 2. The van der Waals surface area contributed by atoms with Crippen LogP contribution in [0.3, 0.4) is 0 Å². The highest BCUT2D eigenvalue weighted by molar-refractivity contribution is 9.10. The second-order valence-corrected chi connectivity index (χ2v) is 7.89. The maximum Gasteiger partial charge on any atom is 0.249 e. The van der Waals surface area contributed by atoms with Crippen LogP contribution in [-0.2, 0) is 11.3 Å². The van der Waals surface area contributed by atoms with Gasteiger partial charge >= 0.3 is 0 Å². The lowest BCUT2D eigenvalue weighted by molar-refractivity contribution is -0.129. The fourth-order valence-electron chi connectivity index (χ4n) is 3.43. The van der Waals surface area contributed by atoms with Gasteiger partial charge in [0, 0.05) is 23.0 Å². The summed E-state index contributed by atoms with van der Waals surface area (Å²) >= 11 is 3.44. The number of carbonyl (C=O) groups is 1. The second-order valence-electron chi connectivity index (χ2n) is 6.98. The lowest BCUT2D eigenvalue weighted by Crippen LogP contribution is -2.27. The minimum Gasteiger partial charge on any atom is -0.337 e. The van der Waals surface area contributed by atoms with E-state index in [0.29, 0.717) is 31.1 Å². The van der Waals surface area contributed by atoms with Crippen LogP contribution in [0.5, 0.6) is 0 Å². The molecule has 1 saturated heterocycles. The van der Waals surface area contributed by atoms with Crippen molar-refractivity contribution in [3.05, 3.63) is 69.5 Å². The molecule has 138 valence electrons. The molecule has 3 aromatic rings. The van der Waals surface area contributed by atoms with Crippen molar-refractivity contribution in [2.75, 3.05) is 0 Å². The number of nitrogens with zero attached hydrogens (tertiary/aromatic N) is 3. The van der Waals surface area contributed by atoms with Crippen LogP contribution in [0.2, 0.25) is 0 Å². The molecule has 0 N–H and O–H groups in total. The van der Waals surface area contributed by atoms with Gasteiger partial charge in [0.1, 0.15) is 6.04 Å². The summed E-state index contributed by atoms with van der Waals surface area (Å²) in [6, 6.07) is 14.0. The highest BCUT2D eigenvalue weighted by Gasteiger charge is 2.36. The molecule has 1 aliphatic rings. The first-order valence-electron chi connectivity index (χ1n) is 8.96. The number of halogens is 1. The third-order valence-electron chi connectivity index (χ3n) is 4.96. The van der Waals surface area contributed by atoms with E-state index in [9.17, 15) is 4.79 Å². The first-order valence-corrected chi connectivity index (χ1v) is 9.76.